The SMILES string of the molecule is COC(c1cn(N2C=NC3c4ccccc4-n4c(cnc4Cl)N32)nn1)C1CC1. The van der Waals surface area contributed by atoms with Gasteiger partial charge in [-0.3, -0.25) is 4.57 Å². The largest absolute Gasteiger partial charge is 0.375 e. The van der Waals surface area contributed by atoms with Gasteiger partial charge < -0.3 is 4.74 Å². The first-order valence-electron chi connectivity index (χ1n) is 9.16. The fourth-order valence-electron chi connectivity index (χ4n) is 4.01. The quantitative estimate of drug-likeness (QED) is 0.674. The molecule has 0 bridgehead atoms. The number of aliphatic imine (C=N–C) groups is 1. The van der Waals surface area contributed by atoms with Gasteiger partial charge >= 0.3 is 0 Å². The van der Waals surface area contributed by atoms with Crippen molar-refractivity contribution in [3.8, 4) is 5.69 Å². The van der Waals surface area contributed by atoms with Crippen LogP contribution in [-0.2, 0) is 4.74 Å². The number of hydrogen-bond donors (Lipinski definition) is 0. The lowest BCUT2D eigenvalue weighted by atomic mass is 10.1. The molecule has 6 rings (SSSR count). The summed E-state index contributed by atoms with van der Waals surface area (Å²) in [5.41, 5.74) is 2.85. The van der Waals surface area contributed by atoms with Gasteiger partial charge in [0, 0.05) is 12.7 Å². The molecule has 9 nitrogen and oxygen atoms in total. The molecule has 2 aliphatic heterocycles. The highest BCUT2D eigenvalue weighted by molar-refractivity contribution is 6.29. The Balaban J connectivity index is 1.42. The Morgan fingerprint density at radius 1 is 1.25 bits per heavy atom. The summed E-state index contributed by atoms with van der Waals surface area (Å²) in [6, 6.07) is 8.05. The van der Waals surface area contributed by atoms with Gasteiger partial charge in [-0.05, 0) is 41.6 Å². The third-order valence-electron chi connectivity index (χ3n) is 5.46. The second kappa shape index (κ2) is 5.79. The van der Waals surface area contributed by atoms with Gasteiger partial charge in [-0.15, -0.1) is 9.89 Å². The fraction of sp³-hybridized carbons (Fsp3) is 0.333. The van der Waals surface area contributed by atoms with Crippen molar-refractivity contribution in [1.82, 2.24) is 24.7 Å². The lowest BCUT2D eigenvalue weighted by molar-refractivity contribution is 0.0809. The van der Waals surface area contributed by atoms with E-state index in [1.807, 2.05) is 45.2 Å². The zero-order valence-electron chi connectivity index (χ0n) is 15.1. The third-order valence-corrected chi connectivity index (χ3v) is 5.73. The van der Waals surface area contributed by atoms with Crippen LogP contribution in [0.4, 0.5) is 5.82 Å². The number of ether oxygens (including phenoxy) is 1. The van der Waals surface area contributed by atoms with Crippen LogP contribution < -0.4 is 10.1 Å². The van der Waals surface area contributed by atoms with Gasteiger partial charge in [-0.1, -0.05) is 18.2 Å². The predicted molar refractivity (Wildman–Crippen MR) is 103 cm³/mol. The molecule has 3 aliphatic rings. The van der Waals surface area contributed by atoms with Crippen molar-refractivity contribution < 1.29 is 4.74 Å². The van der Waals surface area contributed by atoms with Crippen LogP contribution in [0.15, 0.2) is 41.7 Å². The van der Waals surface area contributed by atoms with E-state index in [2.05, 4.69) is 15.3 Å². The highest BCUT2D eigenvalue weighted by Crippen LogP contribution is 2.44. The van der Waals surface area contributed by atoms with Crippen molar-refractivity contribution in [1.29, 1.82) is 0 Å². The Morgan fingerprint density at radius 3 is 2.93 bits per heavy atom. The normalized spacial score (nSPS) is 20.9. The molecular formula is C18H17ClN8O. The number of nitrogens with zero attached hydrogens (tertiary/aromatic N) is 8. The summed E-state index contributed by atoms with van der Waals surface area (Å²) in [6.45, 7) is 0. The second-order valence-corrected chi connectivity index (χ2v) is 7.48. The average molecular weight is 397 g/mol. The van der Waals surface area contributed by atoms with E-state index in [1.54, 1.807) is 24.4 Å². The number of para-hydroxylation sites is 1. The van der Waals surface area contributed by atoms with E-state index in [1.165, 1.54) is 12.8 Å². The minimum atomic E-state index is -0.217. The van der Waals surface area contributed by atoms with Gasteiger partial charge in [0.15, 0.2) is 12.0 Å². The van der Waals surface area contributed by atoms with Crippen LogP contribution in [0.3, 0.4) is 0 Å². The van der Waals surface area contributed by atoms with Crippen molar-refractivity contribution in [2.24, 2.45) is 10.9 Å². The van der Waals surface area contributed by atoms with E-state index < -0.39 is 0 Å². The molecule has 2 atom stereocenters. The van der Waals surface area contributed by atoms with Gasteiger partial charge in [0.2, 0.25) is 5.28 Å². The van der Waals surface area contributed by atoms with Gasteiger partial charge in [0.05, 0.1) is 18.1 Å². The maximum atomic E-state index is 6.39. The molecule has 0 N–H and O–H groups in total. The first-order chi connectivity index (χ1) is 13.8. The highest BCUT2D eigenvalue weighted by Gasteiger charge is 2.40. The smallest absolute Gasteiger partial charge is 0.209 e. The predicted octanol–water partition coefficient (Wildman–Crippen LogP) is 2.63. The summed E-state index contributed by atoms with van der Waals surface area (Å²) in [5.74, 6) is 1.34. The lowest BCUT2D eigenvalue weighted by Crippen LogP contribution is -2.49. The van der Waals surface area contributed by atoms with Crippen LogP contribution in [0.1, 0.15) is 36.4 Å². The molecule has 1 aliphatic carbocycles. The topological polar surface area (TPSA) is 76.6 Å². The maximum Gasteiger partial charge on any atom is 0.209 e. The molecule has 28 heavy (non-hydrogen) atoms. The van der Waals surface area contributed by atoms with E-state index >= 15 is 0 Å². The Hall–Kier alpha value is -2.91. The standard InChI is InChI=1S/C18H17ClN8O/c1-28-16(11-6-7-11)13-9-24(23-22-13)25-10-21-17-12-4-2-3-5-14(12)26-15(27(17)25)8-20-18(26)19/h2-5,8-11,16-17H,6-7H2,1H3. The second-order valence-electron chi connectivity index (χ2n) is 7.14. The number of hydrogen-bond acceptors (Lipinski definition) is 7. The summed E-state index contributed by atoms with van der Waals surface area (Å²) in [4.78, 5) is 10.7. The van der Waals surface area contributed by atoms with Crippen LogP contribution in [0.25, 0.3) is 5.69 Å². The minimum absolute atomic E-state index is 0.0221. The van der Waals surface area contributed by atoms with Crippen LogP contribution in [-0.4, -0.2) is 38.1 Å². The van der Waals surface area contributed by atoms with Crippen molar-refractivity contribution >= 4 is 23.8 Å². The van der Waals surface area contributed by atoms with E-state index in [9.17, 15) is 0 Å². The summed E-state index contributed by atoms with van der Waals surface area (Å²) >= 11 is 6.39. The van der Waals surface area contributed by atoms with E-state index in [4.69, 9.17) is 21.3 Å². The molecule has 2 unspecified atom stereocenters. The molecule has 0 saturated heterocycles. The molecule has 0 spiro atoms. The Labute approximate surface area is 165 Å². The van der Waals surface area contributed by atoms with Gasteiger partial charge in [0.1, 0.15) is 18.1 Å². The summed E-state index contributed by atoms with van der Waals surface area (Å²) < 4.78 is 7.55. The van der Waals surface area contributed by atoms with E-state index in [-0.39, 0.29) is 12.3 Å². The van der Waals surface area contributed by atoms with Crippen LogP contribution in [0.2, 0.25) is 5.28 Å². The number of halogens is 1. The molecule has 0 radical (unpaired) electrons. The van der Waals surface area contributed by atoms with E-state index in [0.717, 1.165) is 22.8 Å². The summed E-state index contributed by atoms with van der Waals surface area (Å²) in [6.07, 6.45) is 7.47. The summed E-state index contributed by atoms with van der Waals surface area (Å²) in [5, 5.41) is 12.9. The molecule has 10 heteroatoms. The highest BCUT2D eigenvalue weighted by atomic mass is 35.5. The number of hydrazine groups is 1. The number of benzene rings is 1. The molecule has 1 aromatic carbocycles. The molecule has 1 fully saturated rings. The molecule has 0 amide bonds. The number of anilines is 1. The monoisotopic (exact) mass is 396 g/mol. The minimum Gasteiger partial charge on any atom is -0.375 e. The van der Waals surface area contributed by atoms with Crippen molar-refractivity contribution in [2.75, 3.05) is 17.2 Å². The third kappa shape index (κ3) is 2.17. The molecular weight excluding hydrogens is 380 g/mol. The summed E-state index contributed by atoms with van der Waals surface area (Å²) in [7, 11) is 1.72. The average Bonchev–Trinajstić information content (AvgIpc) is 3.11. The van der Waals surface area contributed by atoms with E-state index in [0.29, 0.717) is 11.2 Å². The fourth-order valence-corrected chi connectivity index (χ4v) is 4.24. The Morgan fingerprint density at radius 2 is 2.11 bits per heavy atom. The first-order valence-corrected chi connectivity index (χ1v) is 9.53. The zero-order chi connectivity index (χ0) is 18.8. The maximum absolute atomic E-state index is 6.39. The molecule has 1 saturated carbocycles. The number of aromatic nitrogens is 5. The van der Waals surface area contributed by atoms with Gasteiger partial charge in [0.25, 0.3) is 0 Å². The van der Waals surface area contributed by atoms with Crippen molar-refractivity contribution in [3.05, 3.63) is 53.2 Å². The number of methoxy groups -OCH3 is 1. The number of fused-ring (bicyclic) bond motifs is 6. The number of rotatable bonds is 4. The van der Waals surface area contributed by atoms with Gasteiger partial charge in [-0.25, -0.2) is 15.0 Å². The zero-order valence-corrected chi connectivity index (χ0v) is 15.8. The van der Waals surface area contributed by atoms with Crippen molar-refractivity contribution in [3.63, 3.8) is 0 Å². The molecule has 142 valence electrons. The molecule has 2 aromatic heterocycles. The van der Waals surface area contributed by atoms with Crippen molar-refractivity contribution in [2.45, 2.75) is 25.1 Å². The van der Waals surface area contributed by atoms with Crippen LogP contribution in [0.5, 0.6) is 0 Å². The van der Waals surface area contributed by atoms with Crippen LogP contribution in [0, 0.1) is 5.92 Å². The first kappa shape index (κ1) is 16.1. The Bertz CT molecular complexity index is 1090. The van der Waals surface area contributed by atoms with Crippen LogP contribution >= 0.6 is 11.6 Å². The lowest BCUT2D eigenvalue weighted by Gasteiger charge is -2.36. The number of imidazole rings is 1. The molecule has 3 aromatic rings. The van der Waals surface area contributed by atoms with Gasteiger partial charge in [-0.2, -0.15) is 5.12 Å². The molecule has 4 heterocycles. The Kier molecular flexibility index (Phi) is 3.33.